The first kappa shape index (κ1) is 32.0. The van der Waals surface area contributed by atoms with Crippen LogP contribution >= 0.6 is 43.2 Å². The molecular formula is C20H32BN5O7S4. The van der Waals surface area contributed by atoms with E-state index in [1.54, 1.807) is 39.2 Å². The summed E-state index contributed by atoms with van der Waals surface area (Å²) in [5, 5.41) is 24.2. The lowest BCUT2D eigenvalue weighted by Crippen LogP contribution is -2.32. The number of nitrogens with zero attached hydrogens (tertiary/aromatic N) is 2. The van der Waals surface area contributed by atoms with E-state index in [4.69, 9.17) is 25.0 Å². The van der Waals surface area contributed by atoms with E-state index in [9.17, 15) is 14.7 Å². The van der Waals surface area contributed by atoms with Gasteiger partial charge in [-0.1, -0.05) is 55.0 Å². The Labute approximate surface area is 232 Å². The number of ether oxygens (including phenoxy) is 3. The Hall–Kier alpha value is -1.23. The molecule has 0 bridgehead atoms. The summed E-state index contributed by atoms with van der Waals surface area (Å²) in [6, 6.07) is 0. The van der Waals surface area contributed by atoms with E-state index in [0.29, 0.717) is 30.2 Å². The van der Waals surface area contributed by atoms with Gasteiger partial charge in [-0.2, -0.15) is 4.98 Å². The molecule has 0 spiro atoms. The first-order valence-electron chi connectivity index (χ1n) is 11.3. The van der Waals surface area contributed by atoms with Crippen LogP contribution in [0.3, 0.4) is 0 Å². The van der Waals surface area contributed by atoms with Gasteiger partial charge in [0, 0.05) is 24.1 Å². The van der Waals surface area contributed by atoms with E-state index in [-0.39, 0.29) is 31.7 Å². The normalized spacial score (nSPS) is 18.8. The van der Waals surface area contributed by atoms with Crippen LogP contribution in [-0.2, 0) is 14.2 Å². The van der Waals surface area contributed by atoms with Gasteiger partial charge < -0.3 is 40.6 Å². The number of rotatable bonds is 15. The third kappa shape index (κ3) is 12.0. The van der Waals surface area contributed by atoms with Gasteiger partial charge in [-0.3, -0.25) is 4.57 Å². The van der Waals surface area contributed by atoms with E-state index in [0.717, 1.165) is 5.75 Å². The van der Waals surface area contributed by atoms with Crippen molar-refractivity contribution in [3.05, 3.63) is 22.2 Å². The largest absolute Gasteiger partial charge is 0.449 e. The predicted molar refractivity (Wildman–Crippen MR) is 152 cm³/mol. The van der Waals surface area contributed by atoms with Crippen molar-refractivity contribution in [2.45, 2.75) is 31.7 Å². The van der Waals surface area contributed by atoms with E-state index in [1.165, 1.54) is 21.6 Å². The summed E-state index contributed by atoms with van der Waals surface area (Å²) in [6.07, 6.45) is 1.56. The second-order valence-electron chi connectivity index (χ2n) is 7.45. The zero-order valence-corrected chi connectivity index (χ0v) is 23.9. The van der Waals surface area contributed by atoms with Gasteiger partial charge >= 0.3 is 18.8 Å². The molecule has 2 rings (SSSR count). The maximum atomic E-state index is 12.4. The Bertz CT molecular complexity index is 965. The highest BCUT2D eigenvalue weighted by Crippen LogP contribution is 2.31. The molecule has 1 aromatic heterocycles. The minimum atomic E-state index is -0.679. The van der Waals surface area contributed by atoms with Gasteiger partial charge in [-0.15, -0.1) is 0 Å². The van der Waals surface area contributed by atoms with Gasteiger partial charge in [0.25, 0.3) is 0 Å². The van der Waals surface area contributed by atoms with Crippen molar-refractivity contribution < 1.29 is 29.1 Å². The first-order valence-corrected chi connectivity index (χ1v) is 16.5. The standard InChI is InChI=1S/C20H32BN5O7S4/c1-21(30)24-6-8-35-36-9-7-31-20(29)23-5-3-4-14-11-26(19(28)25-18(14)22)17-10-15(16(12-27)33-17)32-13-37-34-2/h11,15-17,24,27,30H,5-10,12-13H2,1-2H3,(H,23,29)(H2,22,25,28)/t15-,16-,17-/m1/s1. The summed E-state index contributed by atoms with van der Waals surface area (Å²) in [6.45, 7) is 2.38. The maximum absolute atomic E-state index is 12.4. The van der Waals surface area contributed by atoms with Crippen LogP contribution in [-0.4, -0.2) is 95.0 Å². The van der Waals surface area contributed by atoms with Gasteiger partial charge in [-0.05, 0) is 19.6 Å². The molecule has 2 heterocycles. The van der Waals surface area contributed by atoms with Crippen LogP contribution in [0, 0.1) is 11.8 Å². The molecule has 6 N–H and O–H groups in total. The van der Waals surface area contributed by atoms with Crippen molar-refractivity contribution in [3.8, 4) is 11.8 Å². The van der Waals surface area contributed by atoms with Gasteiger partial charge in [0.1, 0.15) is 30.7 Å². The molecule has 1 saturated heterocycles. The summed E-state index contributed by atoms with van der Waals surface area (Å²) in [7, 11) is 5.76. The molecule has 1 amide bonds. The number of nitrogens with two attached hydrogens (primary N) is 1. The molecular weight excluding hydrogens is 561 g/mol. The van der Waals surface area contributed by atoms with Gasteiger partial charge in [0.2, 0.25) is 0 Å². The van der Waals surface area contributed by atoms with Crippen LogP contribution in [0.15, 0.2) is 11.0 Å². The number of amides is 1. The molecule has 3 atom stereocenters. The van der Waals surface area contributed by atoms with Gasteiger partial charge in [0.05, 0.1) is 24.8 Å². The number of carbonyl (C=O) groups is 1. The van der Waals surface area contributed by atoms with E-state index in [1.807, 2.05) is 6.26 Å². The molecule has 1 fully saturated rings. The topological polar surface area (TPSA) is 170 Å². The molecule has 17 heteroatoms. The molecule has 206 valence electrons. The summed E-state index contributed by atoms with van der Waals surface area (Å²) in [5.41, 5.74) is 5.57. The number of nitrogens with one attached hydrogen (secondary N) is 2. The lowest BCUT2D eigenvalue weighted by atomic mass is 9.89. The fraction of sp³-hybridized carbons (Fsp3) is 0.650. The first-order chi connectivity index (χ1) is 17.8. The highest BCUT2D eigenvalue weighted by atomic mass is 33.1. The van der Waals surface area contributed by atoms with Crippen molar-refractivity contribution in [2.75, 3.05) is 55.7 Å². The predicted octanol–water partition coefficient (Wildman–Crippen LogP) is 0.618. The summed E-state index contributed by atoms with van der Waals surface area (Å²) < 4.78 is 17.9. The second-order valence-corrected chi connectivity index (χ2v) is 12.7. The monoisotopic (exact) mass is 593 g/mol. The van der Waals surface area contributed by atoms with Gasteiger partial charge in [-0.25, -0.2) is 9.59 Å². The molecule has 1 aliphatic heterocycles. The van der Waals surface area contributed by atoms with E-state index in [2.05, 4.69) is 27.4 Å². The molecule has 12 nitrogen and oxygen atoms in total. The van der Waals surface area contributed by atoms with Gasteiger partial charge in [0.15, 0.2) is 0 Å². The molecule has 0 saturated carbocycles. The SMILES string of the molecule is CSSCO[C@@H]1C[C@H](n2cc(C#CCNC(=O)OCCSSCCNB(C)O)c(N)nc2=O)O[C@@H]1CO. The number of aliphatic hydroxyl groups is 1. The number of hydrogen-bond acceptors (Lipinski definition) is 14. The minimum Gasteiger partial charge on any atom is -0.449 e. The van der Waals surface area contributed by atoms with E-state index >= 15 is 0 Å². The lowest BCUT2D eigenvalue weighted by Gasteiger charge is -2.16. The van der Waals surface area contributed by atoms with Crippen molar-refractivity contribution >= 4 is 62.1 Å². The fourth-order valence-corrected chi connectivity index (χ4v) is 5.59. The molecule has 0 radical (unpaired) electrons. The molecule has 1 aromatic rings. The third-order valence-electron chi connectivity index (χ3n) is 4.75. The van der Waals surface area contributed by atoms with Crippen LogP contribution < -0.4 is 22.0 Å². The molecule has 0 unspecified atom stereocenters. The summed E-state index contributed by atoms with van der Waals surface area (Å²) >= 11 is 0. The van der Waals surface area contributed by atoms with Crippen LogP contribution in [0.4, 0.5) is 10.6 Å². The Morgan fingerprint density at radius 3 is 2.92 bits per heavy atom. The molecule has 37 heavy (non-hydrogen) atoms. The van der Waals surface area contributed by atoms with Crippen LogP contribution in [0.5, 0.6) is 0 Å². The third-order valence-corrected chi connectivity index (χ3v) is 8.59. The number of nitrogen functional groups attached to an aromatic ring is 1. The number of anilines is 1. The average Bonchev–Trinajstić information content (AvgIpc) is 3.27. The number of hydrogen-bond donors (Lipinski definition) is 5. The molecule has 1 aliphatic rings. The number of alkyl carbamates (subject to hydrolysis) is 1. The smallest absolute Gasteiger partial charge is 0.407 e. The lowest BCUT2D eigenvalue weighted by molar-refractivity contribution is -0.0553. The highest BCUT2D eigenvalue weighted by Gasteiger charge is 2.37. The van der Waals surface area contributed by atoms with Crippen LogP contribution in [0.2, 0.25) is 6.82 Å². The zero-order valence-electron chi connectivity index (χ0n) is 20.6. The number of aromatic nitrogens is 2. The van der Waals surface area contributed by atoms with Crippen LogP contribution in [0.25, 0.3) is 0 Å². The molecule has 0 aliphatic carbocycles. The number of aliphatic hydroxyl groups excluding tert-OH is 1. The van der Waals surface area contributed by atoms with Crippen LogP contribution in [0.1, 0.15) is 18.2 Å². The van der Waals surface area contributed by atoms with Crippen molar-refractivity contribution in [2.24, 2.45) is 0 Å². The molecule has 0 aromatic carbocycles. The quantitative estimate of drug-likeness (QED) is 0.0630. The minimum absolute atomic E-state index is 0.0137. The van der Waals surface area contributed by atoms with E-state index < -0.39 is 31.2 Å². The van der Waals surface area contributed by atoms with Crippen molar-refractivity contribution in [1.82, 2.24) is 20.1 Å². The summed E-state index contributed by atoms with van der Waals surface area (Å²) in [5.74, 6) is 7.41. The Morgan fingerprint density at radius 1 is 1.41 bits per heavy atom. The van der Waals surface area contributed by atoms with Crippen molar-refractivity contribution in [1.29, 1.82) is 0 Å². The Morgan fingerprint density at radius 2 is 2.19 bits per heavy atom. The zero-order chi connectivity index (χ0) is 27.0. The number of carbonyl (C=O) groups excluding carboxylic acids is 1. The average molecular weight is 594 g/mol. The maximum Gasteiger partial charge on any atom is 0.407 e. The fourth-order valence-electron chi connectivity index (χ4n) is 3.06. The second kappa shape index (κ2) is 18.1. The Kier molecular flexibility index (Phi) is 15.7. The van der Waals surface area contributed by atoms with Crippen molar-refractivity contribution in [3.63, 3.8) is 0 Å². The summed E-state index contributed by atoms with van der Waals surface area (Å²) in [4.78, 5) is 28.1. The highest BCUT2D eigenvalue weighted by molar-refractivity contribution is 8.76. The Balaban J connectivity index is 1.80.